The maximum atomic E-state index is 14.6. The van der Waals surface area contributed by atoms with Crippen LogP contribution in [0, 0.1) is 18.6 Å². The number of halogens is 3. The van der Waals surface area contributed by atoms with E-state index in [-0.39, 0.29) is 11.1 Å². The van der Waals surface area contributed by atoms with Crippen LogP contribution >= 0.6 is 11.6 Å². The number of rotatable bonds is 3. The van der Waals surface area contributed by atoms with Gasteiger partial charge in [-0.25, -0.2) is 13.8 Å². The Morgan fingerprint density at radius 2 is 1.89 bits per heavy atom. The van der Waals surface area contributed by atoms with Crippen LogP contribution < -0.4 is 0 Å². The standard InChI is InChI=1S/C21H15ClF2N2O/c1-12-21(13-3-2-4-15(22)9-13)25-19-8-5-14(10-26(12)19)16-6-7-18(23)17(11-27)20(16)24/h2-10,27H,11H2,1H3. The van der Waals surface area contributed by atoms with E-state index >= 15 is 0 Å². The third-order valence-electron chi connectivity index (χ3n) is 4.61. The van der Waals surface area contributed by atoms with Crippen LogP contribution in [0.25, 0.3) is 28.0 Å². The van der Waals surface area contributed by atoms with Gasteiger partial charge in [0.1, 0.15) is 17.3 Å². The number of hydrogen-bond acceptors (Lipinski definition) is 2. The van der Waals surface area contributed by atoms with E-state index in [1.54, 1.807) is 24.4 Å². The van der Waals surface area contributed by atoms with Crippen LogP contribution in [0.4, 0.5) is 8.78 Å². The van der Waals surface area contributed by atoms with Crippen molar-refractivity contribution in [3.8, 4) is 22.4 Å². The van der Waals surface area contributed by atoms with Crippen molar-refractivity contribution in [2.75, 3.05) is 0 Å². The zero-order valence-corrected chi connectivity index (χ0v) is 15.1. The van der Waals surface area contributed by atoms with E-state index in [1.807, 2.05) is 29.5 Å². The second-order valence-electron chi connectivity index (χ2n) is 6.25. The Morgan fingerprint density at radius 1 is 1.07 bits per heavy atom. The summed E-state index contributed by atoms with van der Waals surface area (Å²) >= 11 is 6.08. The van der Waals surface area contributed by atoms with Crippen LogP contribution in [0.3, 0.4) is 0 Å². The molecule has 4 rings (SSSR count). The number of aryl methyl sites for hydroxylation is 1. The highest BCUT2D eigenvalue weighted by molar-refractivity contribution is 6.30. The number of fused-ring (bicyclic) bond motifs is 1. The van der Waals surface area contributed by atoms with Crippen molar-refractivity contribution in [1.29, 1.82) is 0 Å². The van der Waals surface area contributed by atoms with Gasteiger partial charge in [0.15, 0.2) is 0 Å². The molecule has 136 valence electrons. The normalized spacial score (nSPS) is 11.3. The average molecular weight is 385 g/mol. The molecule has 4 aromatic rings. The largest absolute Gasteiger partial charge is 0.391 e. The molecule has 0 radical (unpaired) electrons. The Kier molecular flexibility index (Phi) is 4.42. The summed E-state index contributed by atoms with van der Waals surface area (Å²) in [6.07, 6.45) is 1.75. The Hall–Kier alpha value is -2.76. The predicted molar refractivity (Wildman–Crippen MR) is 102 cm³/mol. The second kappa shape index (κ2) is 6.76. The SMILES string of the molecule is Cc1c(-c2cccc(Cl)c2)nc2ccc(-c3ccc(F)c(CO)c3F)cn12. The van der Waals surface area contributed by atoms with E-state index in [9.17, 15) is 13.9 Å². The minimum Gasteiger partial charge on any atom is -0.391 e. The fourth-order valence-electron chi connectivity index (χ4n) is 3.20. The van der Waals surface area contributed by atoms with Gasteiger partial charge in [0, 0.05) is 39.2 Å². The van der Waals surface area contributed by atoms with Crippen LogP contribution in [0.2, 0.25) is 5.02 Å². The van der Waals surface area contributed by atoms with E-state index in [0.29, 0.717) is 16.2 Å². The Morgan fingerprint density at radius 3 is 2.63 bits per heavy atom. The molecule has 0 fully saturated rings. The smallest absolute Gasteiger partial charge is 0.139 e. The lowest BCUT2D eigenvalue weighted by atomic mass is 10.0. The van der Waals surface area contributed by atoms with Crippen LogP contribution in [-0.4, -0.2) is 14.5 Å². The Bertz CT molecular complexity index is 1170. The summed E-state index contributed by atoms with van der Waals surface area (Å²) in [6, 6.07) is 13.4. The molecule has 0 saturated heterocycles. The van der Waals surface area contributed by atoms with E-state index in [4.69, 9.17) is 11.6 Å². The first-order valence-corrected chi connectivity index (χ1v) is 8.70. The summed E-state index contributed by atoms with van der Waals surface area (Å²) < 4.78 is 30.1. The van der Waals surface area contributed by atoms with Crippen LogP contribution in [0.1, 0.15) is 11.3 Å². The lowest BCUT2D eigenvalue weighted by molar-refractivity contribution is 0.269. The molecule has 0 aliphatic rings. The maximum Gasteiger partial charge on any atom is 0.139 e. The molecule has 0 bridgehead atoms. The predicted octanol–water partition coefficient (Wildman–Crippen LogP) is 5.40. The molecule has 0 amide bonds. The molecule has 2 aromatic heterocycles. The summed E-state index contributed by atoms with van der Waals surface area (Å²) in [6.45, 7) is 1.22. The van der Waals surface area contributed by atoms with Crippen LogP contribution in [0.5, 0.6) is 0 Å². The van der Waals surface area contributed by atoms with Gasteiger partial charge >= 0.3 is 0 Å². The molecule has 0 atom stereocenters. The lowest BCUT2D eigenvalue weighted by Crippen LogP contribution is -1.99. The third-order valence-corrected chi connectivity index (χ3v) is 4.85. The van der Waals surface area contributed by atoms with Gasteiger partial charge < -0.3 is 9.51 Å². The van der Waals surface area contributed by atoms with Gasteiger partial charge in [-0.15, -0.1) is 0 Å². The number of hydrogen-bond donors (Lipinski definition) is 1. The molecule has 0 aliphatic carbocycles. The minimum atomic E-state index is -0.762. The molecule has 27 heavy (non-hydrogen) atoms. The van der Waals surface area contributed by atoms with E-state index < -0.39 is 18.2 Å². The summed E-state index contributed by atoms with van der Waals surface area (Å²) in [7, 11) is 0. The molecule has 6 heteroatoms. The molecule has 0 aliphatic heterocycles. The van der Waals surface area contributed by atoms with Crippen molar-refractivity contribution in [1.82, 2.24) is 9.38 Å². The van der Waals surface area contributed by atoms with E-state index in [0.717, 1.165) is 23.0 Å². The average Bonchev–Trinajstić information content (AvgIpc) is 2.98. The van der Waals surface area contributed by atoms with Crippen LogP contribution in [0.15, 0.2) is 54.7 Å². The van der Waals surface area contributed by atoms with Gasteiger partial charge in [-0.2, -0.15) is 0 Å². The highest BCUT2D eigenvalue weighted by atomic mass is 35.5. The fraction of sp³-hybridized carbons (Fsp3) is 0.0952. The molecule has 2 heterocycles. The maximum absolute atomic E-state index is 14.6. The number of aliphatic hydroxyl groups is 1. The lowest BCUT2D eigenvalue weighted by Gasteiger charge is -2.09. The van der Waals surface area contributed by atoms with Crippen molar-refractivity contribution in [2.24, 2.45) is 0 Å². The highest BCUT2D eigenvalue weighted by Crippen LogP contribution is 2.30. The number of aromatic nitrogens is 2. The van der Waals surface area contributed by atoms with Crippen molar-refractivity contribution < 1.29 is 13.9 Å². The number of nitrogens with zero attached hydrogens (tertiary/aromatic N) is 2. The summed E-state index contributed by atoms with van der Waals surface area (Å²) in [5, 5.41) is 9.85. The Balaban J connectivity index is 1.88. The summed E-state index contributed by atoms with van der Waals surface area (Å²) in [4.78, 5) is 4.64. The van der Waals surface area contributed by atoms with Crippen molar-refractivity contribution in [2.45, 2.75) is 13.5 Å². The molecular formula is C21H15ClF2N2O. The van der Waals surface area contributed by atoms with Crippen molar-refractivity contribution in [3.63, 3.8) is 0 Å². The molecule has 3 nitrogen and oxygen atoms in total. The molecular weight excluding hydrogens is 370 g/mol. The zero-order valence-electron chi connectivity index (χ0n) is 14.4. The van der Waals surface area contributed by atoms with Gasteiger partial charge in [-0.1, -0.05) is 23.7 Å². The molecule has 0 spiro atoms. The Labute approximate surface area is 159 Å². The van der Waals surface area contributed by atoms with Gasteiger partial charge in [0.25, 0.3) is 0 Å². The molecule has 1 N–H and O–H groups in total. The number of benzene rings is 2. The summed E-state index contributed by atoms with van der Waals surface area (Å²) in [5.74, 6) is -1.52. The second-order valence-corrected chi connectivity index (χ2v) is 6.68. The van der Waals surface area contributed by atoms with Gasteiger partial charge in [-0.05, 0) is 43.3 Å². The van der Waals surface area contributed by atoms with E-state index in [1.165, 1.54) is 6.07 Å². The van der Waals surface area contributed by atoms with Crippen LogP contribution in [-0.2, 0) is 6.61 Å². The first-order chi connectivity index (χ1) is 13.0. The highest BCUT2D eigenvalue weighted by Gasteiger charge is 2.16. The fourth-order valence-corrected chi connectivity index (χ4v) is 3.39. The van der Waals surface area contributed by atoms with Gasteiger partial charge in [-0.3, -0.25) is 0 Å². The van der Waals surface area contributed by atoms with E-state index in [2.05, 4.69) is 4.98 Å². The molecule has 0 saturated carbocycles. The summed E-state index contributed by atoms with van der Waals surface area (Å²) in [5.41, 5.74) is 3.70. The zero-order chi connectivity index (χ0) is 19.1. The topological polar surface area (TPSA) is 37.5 Å². The van der Waals surface area contributed by atoms with Crippen molar-refractivity contribution >= 4 is 17.2 Å². The van der Waals surface area contributed by atoms with Gasteiger partial charge in [0.05, 0.1) is 12.3 Å². The number of imidazole rings is 1. The quantitative estimate of drug-likeness (QED) is 0.513. The molecule has 2 aromatic carbocycles. The number of aliphatic hydroxyl groups excluding tert-OH is 1. The monoisotopic (exact) mass is 384 g/mol. The third kappa shape index (κ3) is 2.99. The van der Waals surface area contributed by atoms with Gasteiger partial charge in [0.2, 0.25) is 0 Å². The first kappa shape index (κ1) is 17.6. The minimum absolute atomic E-state index is 0.222. The van der Waals surface area contributed by atoms with Crippen molar-refractivity contribution in [3.05, 3.63) is 82.6 Å². The molecule has 0 unspecified atom stereocenters. The first-order valence-electron chi connectivity index (χ1n) is 8.32. The number of pyridine rings is 1.